The molecule has 0 bridgehead atoms. The highest BCUT2D eigenvalue weighted by atomic mass is 79.9. The van der Waals surface area contributed by atoms with Gasteiger partial charge in [0.05, 0.1) is 21.7 Å². The Bertz CT molecular complexity index is 730. The lowest BCUT2D eigenvalue weighted by Crippen LogP contribution is -2.40. The lowest BCUT2D eigenvalue weighted by molar-refractivity contribution is -0.142. The van der Waals surface area contributed by atoms with E-state index in [1.54, 1.807) is 0 Å². The maximum atomic E-state index is 12.8. The van der Waals surface area contributed by atoms with E-state index in [1.165, 1.54) is 13.8 Å². The zero-order chi connectivity index (χ0) is 17.6. The van der Waals surface area contributed by atoms with E-state index in [4.69, 9.17) is 0 Å². The number of alkyl halides is 3. The van der Waals surface area contributed by atoms with Crippen molar-refractivity contribution in [2.45, 2.75) is 38.5 Å². The van der Waals surface area contributed by atoms with E-state index < -0.39 is 39.7 Å². The summed E-state index contributed by atoms with van der Waals surface area (Å²) in [6.45, 7) is 2.82. The monoisotopic (exact) mass is 417 g/mol. The summed E-state index contributed by atoms with van der Waals surface area (Å²) in [5.74, 6) is -0.725. The molecule has 2 heterocycles. The van der Waals surface area contributed by atoms with Crippen molar-refractivity contribution < 1.29 is 26.4 Å². The van der Waals surface area contributed by atoms with Crippen LogP contribution >= 0.6 is 15.9 Å². The number of aromatic nitrogens is 2. The van der Waals surface area contributed by atoms with Crippen LogP contribution in [-0.4, -0.2) is 41.7 Å². The van der Waals surface area contributed by atoms with Crippen molar-refractivity contribution in [1.82, 2.24) is 15.1 Å². The Kier molecular flexibility index (Phi) is 4.82. The Morgan fingerprint density at radius 1 is 1.48 bits per heavy atom. The predicted molar refractivity (Wildman–Crippen MR) is 79.6 cm³/mol. The van der Waals surface area contributed by atoms with E-state index in [0.29, 0.717) is 6.42 Å². The van der Waals surface area contributed by atoms with Crippen LogP contribution in [0.4, 0.5) is 13.2 Å². The summed E-state index contributed by atoms with van der Waals surface area (Å²) >= 11 is 2.84. The minimum Gasteiger partial charge on any atom is -0.350 e. The second kappa shape index (κ2) is 6.08. The van der Waals surface area contributed by atoms with Gasteiger partial charge in [-0.25, -0.2) is 8.42 Å². The number of hydrogen-bond donors (Lipinski definition) is 1. The molecule has 130 valence electrons. The summed E-state index contributed by atoms with van der Waals surface area (Å²) in [7, 11) is -3.15. The molecule has 2 rings (SSSR count). The van der Waals surface area contributed by atoms with Crippen molar-refractivity contribution in [2.24, 2.45) is 0 Å². The molecule has 2 unspecified atom stereocenters. The van der Waals surface area contributed by atoms with Gasteiger partial charge in [-0.1, -0.05) is 0 Å². The number of carbonyl (C=O) groups is 1. The highest BCUT2D eigenvalue weighted by Gasteiger charge is 2.39. The maximum Gasteiger partial charge on any atom is 0.436 e. The van der Waals surface area contributed by atoms with Gasteiger partial charge in [0.15, 0.2) is 15.5 Å². The van der Waals surface area contributed by atoms with E-state index in [0.717, 1.165) is 4.68 Å². The van der Waals surface area contributed by atoms with Crippen LogP contribution in [0.5, 0.6) is 0 Å². The second-order valence-electron chi connectivity index (χ2n) is 5.47. The first kappa shape index (κ1) is 18.2. The van der Waals surface area contributed by atoms with E-state index >= 15 is 0 Å². The summed E-state index contributed by atoms with van der Waals surface area (Å²) < 4.78 is 62.1. The third-order valence-electron chi connectivity index (χ3n) is 3.67. The fourth-order valence-electron chi connectivity index (χ4n) is 2.40. The Hall–Kier alpha value is -1.10. The van der Waals surface area contributed by atoms with Crippen LogP contribution in [0.15, 0.2) is 4.47 Å². The number of nitrogens with zero attached hydrogens (tertiary/aromatic N) is 2. The molecule has 0 radical (unpaired) electrons. The van der Waals surface area contributed by atoms with Crippen molar-refractivity contribution in [3.8, 4) is 0 Å². The number of halogens is 4. The third-order valence-corrected chi connectivity index (χ3v) is 6.39. The van der Waals surface area contributed by atoms with E-state index in [-0.39, 0.29) is 21.7 Å². The summed E-state index contributed by atoms with van der Waals surface area (Å²) in [4.78, 5) is 12.2. The SMILES string of the molecule is Cc1c(Br)c(C(F)(F)F)nn1C(C)C(=O)NC1CCS(=O)(=O)C1. The summed E-state index contributed by atoms with van der Waals surface area (Å²) in [6, 6.07) is -1.51. The Balaban J connectivity index is 2.17. The standard InChI is InChI=1S/C12H15BrF3N3O3S/c1-6-9(13)10(12(14,15)16)18-19(6)7(2)11(20)17-8-3-4-23(21,22)5-8/h7-8H,3-5H2,1-2H3,(H,17,20). The molecule has 0 aliphatic carbocycles. The maximum absolute atomic E-state index is 12.8. The molecule has 2 atom stereocenters. The number of sulfone groups is 1. The minimum absolute atomic E-state index is 0.00308. The number of rotatable bonds is 3. The van der Waals surface area contributed by atoms with Crippen LogP contribution in [0.25, 0.3) is 0 Å². The van der Waals surface area contributed by atoms with Crippen molar-refractivity contribution in [2.75, 3.05) is 11.5 Å². The van der Waals surface area contributed by atoms with Gasteiger partial charge in [-0.15, -0.1) is 0 Å². The smallest absolute Gasteiger partial charge is 0.350 e. The Labute approximate surface area is 139 Å². The second-order valence-corrected chi connectivity index (χ2v) is 8.50. The quantitative estimate of drug-likeness (QED) is 0.813. The van der Waals surface area contributed by atoms with Crippen LogP contribution in [0.3, 0.4) is 0 Å². The number of amides is 1. The van der Waals surface area contributed by atoms with E-state index in [9.17, 15) is 26.4 Å². The largest absolute Gasteiger partial charge is 0.436 e. The van der Waals surface area contributed by atoms with Crippen LogP contribution in [0.1, 0.15) is 30.8 Å². The number of hydrogen-bond acceptors (Lipinski definition) is 4. The van der Waals surface area contributed by atoms with Crippen LogP contribution < -0.4 is 5.32 Å². The molecule has 1 aromatic heterocycles. The summed E-state index contributed by atoms with van der Waals surface area (Å²) in [5, 5.41) is 6.02. The molecule has 1 fully saturated rings. The predicted octanol–water partition coefficient (Wildman–Crippen LogP) is 1.84. The van der Waals surface area contributed by atoms with Crippen LogP contribution in [0, 0.1) is 6.92 Å². The molecule has 6 nitrogen and oxygen atoms in total. The molecule has 1 saturated heterocycles. The molecule has 1 amide bonds. The molecule has 0 saturated carbocycles. The zero-order valence-electron chi connectivity index (χ0n) is 12.3. The van der Waals surface area contributed by atoms with Gasteiger partial charge in [-0.2, -0.15) is 18.3 Å². The first-order valence-corrected chi connectivity index (χ1v) is 9.36. The van der Waals surface area contributed by atoms with Gasteiger partial charge in [0.1, 0.15) is 6.04 Å². The normalized spacial score (nSPS) is 22.1. The lowest BCUT2D eigenvalue weighted by atomic mass is 10.2. The third kappa shape index (κ3) is 3.87. The van der Waals surface area contributed by atoms with Crippen molar-refractivity contribution in [3.05, 3.63) is 15.9 Å². The van der Waals surface area contributed by atoms with Gasteiger partial charge < -0.3 is 5.32 Å². The molecule has 1 N–H and O–H groups in total. The van der Waals surface area contributed by atoms with Gasteiger partial charge in [-0.3, -0.25) is 9.48 Å². The van der Waals surface area contributed by atoms with Crippen molar-refractivity contribution >= 4 is 31.7 Å². The number of nitrogens with one attached hydrogen (secondary N) is 1. The molecule has 1 aromatic rings. The summed E-state index contributed by atoms with van der Waals surface area (Å²) in [5.41, 5.74) is -0.933. The highest BCUT2D eigenvalue weighted by Crippen LogP contribution is 2.36. The van der Waals surface area contributed by atoms with Crippen molar-refractivity contribution in [1.29, 1.82) is 0 Å². The molecule has 0 spiro atoms. The molecule has 11 heteroatoms. The fraction of sp³-hybridized carbons (Fsp3) is 0.667. The fourth-order valence-corrected chi connectivity index (χ4v) is 4.56. The first-order valence-electron chi connectivity index (χ1n) is 6.75. The van der Waals surface area contributed by atoms with Gasteiger partial charge in [-0.05, 0) is 36.2 Å². The van der Waals surface area contributed by atoms with Crippen LogP contribution in [0.2, 0.25) is 0 Å². The summed E-state index contributed by atoms with van der Waals surface area (Å²) in [6.07, 6.45) is -4.33. The molecule has 0 aromatic carbocycles. The topological polar surface area (TPSA) is 81.1 Å². The van der Waals surface area contributed by atoms with Gasteiger partial charge in [0.2, 0.25) is 5.91 Å². The zero-order valence-corrected chi connectivity index (χ0v) is 14.7. The minimum atomic E-state index is -4.63. The molecule has 1 aliphatic heterocycles. The molecule has 1 aliphatic rings. The van der Waals surface area contributed by atoms with Gasteiger partial charge in [0, 0.05) is 6.04 Å². The van der Waals surface area contributed by atoms with Gasteiger partial charge in [0.25, 0.3) is 0 Å². The average Bonchev–Trinajstić information content (AvgIpc) is 2.89. The van der Waals surface area contributed by atoms with E-state index in [2.05, 4.69) is 26.3 Å². The van der Waals surface area contributed by atoms with Crippen molar-refractivity contribution in [3.63, 3.8) is 0 Å². The Morgan fingerprint density at radius 2 is 2.09 bits per heavy atom. The van der Waals surface area contributed by atoms with Crippen LogP contribution in [-0.2, 0) is 20.8 Å². The highest BCUT2D eigenvalue weighted by molar-refractivity contribution is 9.10. The van der Waals surface area contributed by atoms with Gasteiger partial charge >= 0.3 is 6.18 Å². The number of carbonyl (C=O) groups excluding carboxylic acids is 1. The first-order chi connectivity index (χ1) is 10.4. The molecule has 23 heavy (non-hydrogen) atoms. The molecular weight excluding hydrogens is 403 g/mol. The Morgan fingerprint density at radius 3 is 2.52 bits per heavy atom. The lowest BCUT2D eigenvalue weighted by Gasteiger charge is -2.17. The van der Waals surface area contributed by atoms with E-state index in [1.807, 2.05) is 0 Å². The average molecular weight is 418 g/mol. The molecular formula is C12H15BrF3N3O3S.